The molecule has 0 aliphatic heterocycles. The summed E-state index contributed by atoms with van der Waals surface area (Å²) in [6, 6.07) is 15.7. The summed E-state index contributed by atoms with van der Waals surface area (Å²) in [5.41, 5.74) is 2.24. The Morgan fingerprint density at radius 3 is 2.38 bits per heavy atom. The topological polar surface area (TPSA) is 9.23 Å². The Kier molecular flexibility index (Phi) is 10.5. The van der Waals surface area contributed by atoms with Crippen molar-refractivity contribution < 1.29 is 9.13 Å². The molecule has 1 atom stereocenters. The van der Waals surface area contributed by atoms with E-state index in [2.05, 4.69) is 31.2 Å². The van der Waals surface area contributed by atoms with Crippen LogP contribution in [0.4, 0.5) is 4.39 Å². The van der Waals surface area contributed by atoms with Crippen molar-refractivity contribution in [2.75, 3.05) is 6.61 Å². The zero-order valence-corrected chi connectivity index (χ0v) is 18.1. The number of halogens is 1. The first-order chi connectivity index (χ1) is 12.8. The molecular formula is C23H32AsFO. The van der Waals surface area contributed by atoms with Gasteiger partial charge in [0.25, 0.3) is 0 Å². The first-order valence-corrected chi connectivity index (χ1v) is 12.9. The number of rotatable bonds is 13. The second kappa shape index (κ2) is 13.0. The van der Waals surface area contributed by atoms with Crippen LogP contribution in [-0.2, 0) is 11.6 Å². The summed E-state index contributed by atoms with van der Waals surface area (Å²) in [5.74, 6) is 0.916. The van der Waals surface area contributed by atoms with Gasteiger partial charge in [0.2, 0.25) is 0 Å². The molecule has 0 spiro atoms. The number of hydrogen-bond acceptors (Lipinski definition) is 1. The average molecular weight is 418 g/mol. The van der Waals surface area contributed by atoms with Crippen molar-refractivity contribution in [3.63, 3.8) is 0 Å². The van der Waals surface area contributed by atoms with Crippen LogP contribution in [0.15, 0.2) is 48.5 Å². The van der Waals surface area contributed by atoms with Crippen molar-refractivity contribution in [3.8, 4) is 5.75 Å². The van der Waals surface area contributed by atoms with Crippen LogP contribution in [0.3, 0.4) is 0 Å². The van der Waals surface area contributed by atoms with E-state index >= 15 is 0 Å². The van der Waals surface area contributed by atoms with E-state index in [0.29, 0.717) is 0 Å². The van der Waals surface area contributed by atoms with Gasteiger partial charge in [-0.3, -0.25) is 0 Å². The van der Waals surface area contributed by atoms with E-state index in [1.54, 1.807) is 12.1 Å². The summed E-state index contributed by atoms with van der Waals surface area (Å²) < 4.78 is 19.4. The molecule has 2 aromatic carbocycles. The molecule has 1 unspecified atom stereocenters. The molecule has 1 nitrogen and oxygen atoms in total. The first-order valence-electron chi connectivity index (χ1n) is 9.95. The maximum atomic E-state index is 13.6. The molecule has 0 N–H and O–H groups in total. The van der Waals surface area contributed by atoms with Gasteiger partial charge < -0.3 is 0 Å². The minimum atomic E-state index is -0.0695. The molecular weight excluding hydrogens is 386 g/mol. The predicted molar refractivity (Wildman–Crippen MR) is 111 cm³/mol. The molecule has 0 bridgehead atoms. The van der Waals surface area contributed by atoms with Crippen LogP contribution < -0.4 is 4.74 Å². The van der Waals surface area contributed by atoms with Crippen molar-refractivity contribution >= 4 is 15.8 Å². The normalized spacial score (nSPS) is 11.3. The second-order valence-corrected chi connectivity index (χ2v) is 9.62. The third-order valence-electron chi connectivity index (χ3n) is 4.55. The average Bonchev–Trinajstić information content (AvgIpc) is 2.67. The Morgan fingerprint density at radius 1 is 0.885 bits per heavy atom. The van der Waals surface area contributed by atoms with Gasteiger partial charge in [0.1, 0.15) is 0 Å². The molecule has 26 heavy (non-hydrogen) atoms. The number of unbranched alkanes of at least 4 members (excludes halogenated alkanes) is 5. The minimum absolute atomic E-state index is 0.0639. The van der Waals surface area contributed by atoms with E-state index in [4.69, 9.17) is 4.74 Å². The molecule has 0 fully saturated rings. The SMILES string of the molecule is CCCCCCCCOc1ccc(C[AsH]CCc2ccccc2F)cc1. The molecule has 0 saturated heterocycles. The molecule has 0 heterocycles. The van der Waals surface area contributed by atoms with E-state index in [-0.39, 0.29) is 21.6 Å². The molecule has 142 valence electrons. The van der Waals surface area contributed by atoms with Crippen LogP contribution in [0, 0.1) is 5.82 Å². The Balaban J connectivity index is 1.58. The zero-order chi connectivity index (χ0) is 18.5. The van der Waals surface area contributed by atoms with Gasteiger partial charge in [0, 0.05) is 0 Å². The number of benzene rings is 2. The Morgan fingerprint density at radius 2 is 1.62 bits per heavy atom. The van der Waals surface area contributed by atoms with Crippen molar-refractivity contribution in [3.05, 3.63) is 65.5 Å². The van der Waals surface area contributed by atoms with E-state index in [1.165, 1.54) is 37.7 Å². The van der Waals surface area contributed by atoms with Gasteiger partial charge in [-0.2, -0.15) is 0 Å². The van der Waals surface area contributed by atoms with Gasteiger partial charge in [-0.15, -0.1) is 0 Å². The first kappa shape index (κ1) is 21.0. The molecule has 0 saturated carbocycles. The summed E-state index contributed by atoms with van der Waals surface area (Å²) in [4.78, 5) is 0. The standard InChI is InChI=1S/C23H32AsFO/c1-2-3-4-5-6-9-18-26-22-14-12-20(13-15-22)19-24-17-16-21-10-7-8-11-23(21)25/h7-8,10-15,24H,2-6,9,16-19H2,1H3. The summed E-state index contributed by atoms with van der Waals surface area (Å²) in [5, 5.41) is 2.30. The molecule has 3 heteroatoms. The molecule has 0 aliphatic rings. The molecule has 2 rings (SSSR count). The molecule has 0 radical (unpaired) electrons. The summed E-state index contributed by atoms with van der Waals surface area (Å²) in [6.45, 7) is 3.07. The van der Waals surface area contributed by atoms with Gasteiger partial charge in [-0.25, -0.2) is 0 Å². The van der Waals surface area contributed by atoms with E-state index < -0.39 is 0 Å². The van der Waals surface area contributed by atoms with Crippen molar-refractivity contribution in [2.24, 2.45) is 0 Å². The van der Waals surface area contributed by atoms with Crippen LogP contribution in [-0.4, -0.2) is 22.4 Å². The van der Waals surface area contributed by atoms with Crippen LogP contribution in [0.5, 0.6) is 5.75 Å². The third-order valence-corrected chi connectivity index (χ3v) is 7.20. The Bertz CT molecular complexity index is 612. The molecule has 0 aromatic heterocycles. The number of ether oxygens (including phenoxy) is 1. The van der Waals surface area contributed by atoms with Crippen LogP contribution in [0.2, 0.25) is 5.21 Å². The molecule has 2 aromatic rings. The Hall–Kier alpha value is -1.27. The van der Waals surface area contributed by atoms with E-state index in [0.717, 1.165) is 41.2 Å². The zero-order valence-electron chi connectivity index (χ0n) is 16.0. The van der Waals surface area contributed by atoms with E-state index in [1.807, 2.05) is 12.1 Å². The summed E-state index contributed by atoms with van der Waals surface area (Å²) >= 11 is -0.0695. The van der Waals surface area contributed by atoms with Crippen LogP contribution in [0.25, 0.3) is 0 Å². The van der Waals surface area contributed by atoms with Crippen molar-refractivity contribution in [2.45, 2.75) is 62.3 Å². The van der Waals surface area contributed by atoms with Gasteiger partial charge in [0.05, 0.1) is 0 Å². The van der Waals surface area contributed by atoms with E-state index in [9.17, 15) is 4.39 Å². The summed E-state index contributed by atoms with van der Waals surface area (Å²) in [6.07, 6.45) is 8.62. The van der Waals surface area contributed by atoms with Crippen LogP contribution in [0.1, 0.15) is 56.6 Å². The molecule has 0 aliphatic carbocycles. The fourth-order valence-electron chi connectivity index (χ4n) is 2.93. The maximum absolute atomic E-state index is 13.6. The Labute approximate surface area is 165 Å². The van der Waals surface area contributed by atoms with Crippen LogP contribution >= 0.6 is 0 Å². The summed E-state index contributed by atoms with van der Waals surface area (Å²) in [7, 11) is 0. The number of hydrogen-bond donors (Lipinski definition) is 0. The van der Waals surface area contributed by atoms with Gasteiger partial charge in [-0.05, 0) is 0 Å². The molecule has 0 amide bonds. The predicted octanol–water partition coefficient (Wildman–Crippen LogP) is 6.16. The van der Waals surface area contributed by atoms with Crippen molar-refractivity contribution in [1.82, 2.24) is 0 Å². The monoisotopic (exact) mass is 418 g/mol. The number of aryl methyl sites for hydroxylation is 1. The fraction of sp³-hybridized carbons (Fsp3) is 0.478. The van der Waals surface area contributed by atoms with Gasteiger partial charge in [-0.1, -0.05) is 13.3 Å². The fourth-order valence-corrected chi connectivity index (χ4v) is 5.34. The quantitative estimate of drug-likeness (QED) is 0.280. The van der Waals surface area contributed by atoms with Gasteiger partial charge in [0.15, 0.2) is 0 Å². The third kappa shape index (κ3) is 8.41. The van der Waals surface area contributed by atoms with Gasteiger partial charge >= 0.3 is 152 Å². The van der Waals surface area contributed by atoms with Crippen molar-refractivity contribution in [1.29, 1.82) is 0 Å². The second-order valence-electron chi connectivity index (χ2n) is 6.78.